The molecule has 2 N–H and O–H groups in total. The Balaban J connectivity index is 0. The molecule has 0 heterocycles. The first-order valence-corrected chi connectivity index (χ1v) is 17.4. The topological polar surface area (TPSA) is 68.2 Å². The summed E-state index contributed by atoms with van der Waals surface area (Å²) in [5.74, 6) is 0.625. The van der Waals surface area contributed by atoms with Crippen molar-refractivity contribution >= 4 is 9.76 Å². The zero-order chi connectivity index (χ0) is 27.5. The number of ether oxygens (including phenoxy) is 2. The third-order valence-corrected chi connectivity index (χ3v) is 9.05. The van der Waals surface area contributed by atoms with Gasteiger partial charge < -0.3 is 41.0 Å². The number of hydrogen-bond acceptors (Lipinski definition) is 5. The standard InChI is InChI=1S/C30H66NO5Si.ClH/c1-5-6-7-8-9-10-11-12-13-14-15-16-17-18-19-20-21-31(3,4)26-29(2)28-37-36-30(35-25-23-33)27-34-24-22-32;/h29-30,32-33H,5-28,37H2,1-4H3;1H/q+1;/p-1. The van der Waals surface area contributed by atoms with Crippen LogP contribution in [-0.4, -0.2) is 91.0 Å². The molecule has 0 aromatic rings. The predicted octanol–water partition coefficient (Wildman–Crippen LogP) is 2.83. The molecule has 38 heavy (non-hydrogen) atoms. The van der Waals surface area contributed by atoms with E-state index >= 15 is 0 Å². The van der Waals surface area contributed by atoms with Gasteiger partial charge in [0, 0.05) is 5.92 Å². The zero-order valence-electron chi connectivity index (χ0n) is 25.8. The lowest BCUT2D eigenvalue weighted by atomic mass is 10.0. The summed E-state index contributed by atoms with van der Waals surface area (Å²) in [5, 5.41) is 17.8. The van der Waals surface area contributed by atoms with E-state index in [1.54, 1.807) is 0 Å². The van der Waals surface area contributed by atoms with Crippen LogP contribution in [0.1, 0.15) is 117 Å². The van der Waals surface area contributed by atoms with E-state index < -0.39 is 16.1 Å². The van der Waals surface area contributed by atoms with Crippen molar-refractivity contribution in [1.82, 2.24) is 0 Å². The van der Waals surface area contributed by atoms with Crippen LogP contribution in [0.15, 0.2) is 0 Å². The molecular formula is C30H66ClNO5Si. The van der Waals surface area contributed by atoms with Gasteiger partial charge in [0.15, 0.2) is 16.1 Å². The van der Waals surface area contributed by atoms with Crippen molar-refractivity contribution in [2.45, 2.75) is 129 Å². The van der Waals surface area contributed by atoms with Crippen molar-refractivity contribution < 1.29 is 41.0 Å². The van der Waals surface area contributed by atoms with Crippen LogP contribution >= 0.6 is 0 Å². The molecule has 0 bridgehead atoms. The fraction of sp³-hybridized carbons (Fsp3) is 1.00. The summed E-state index contributed by atoms with van der Waals surface area (Å²) in [6.45, 7) is 7.86. The first-order valence-electron chi connectivity index (χ1n) is 15.8. The number of hydrogen-bond donors (Lipinski definition) is 2. The lowest BCUT2D eigenvalue weighted by Gasteiger charge is -2.32. The van der Waals surface area contributed by atoms with Crippen molar-refractivity contribution in [1.29, 1.82) is 0 Å². The Bertz CT molecular complexity index is 462. The van der Waals surface area contributed by atoms with E-state index in [0.29, 0.717) is 12.5 Å². The van der Waals surface area contributed by atoms with Gasteiger partial charge >= 0.3 is 0 Å². The summed E-state index contributed by atoms with van der Waals surface area (Å²) < 4.78 is 17.9. The number of rotatable bonds is 30. The second-order valence-corrected chi connectivity index (χ2v) is 13.1. The fourth-order valence-electron chi connectivity index (χ4n) is 5.09. The van der Waals surface area contributed by atoms with Gasteiger partial charge in [-0.1, -0.05) is 104 Å². The molecule has 0 fully saturated rings. The first-order chi connectivity index (χ1) is 17.9. The number of quaternary nitrogens is 1. The van der Waals surface area contributed by atoms with Gasteiger partial charge in [0.05, 0.1) is 60.2 Å². The van der Waals surface area contributed by atoms with Crippen molar-refractivity contribution in [2.75, 3.05) is 60.2 Å². The molecule has 2 unspecified atom stereocenters. The maximum Gasteiger partial charge on any atom is 0.171 e. The highest BCUT2D eigenvalue weighted by molar-refractivity contribution is 6.27. The molecule has 0 aromatic heterocycles. The molecule has 6 nitrogen and oxygen atoms in total. The number of unbranched alkanes of at least 4 members (excludes halogenated alkanes) is 15. The molecule has 0 saturated carbocycles. The third kappa shape index (κ3) is 29.3. The number of aliphatic hydroxyl groups excluding tert-OH is 2. The fourth-order valence-corrected chi connectivity index (χ4v) is 6.26. The quantitative estimate of drug-likeness (QED) is 0.0589. The van der Waals surface area contributed by atoms with E-state index in [1.165, 1.54) is 116 Å². The maximum absolute atomic E-state index is 8.99. The monoisotopic (exact) mass is 583 g/mol. The summed E-state index contributed by atoms with van der Waals surface area (Å²) in [7, 11) is 4.00. The Labute approximate surface area is 245 Å². The van der Waals surface area contributed by atoms with Gasteiger partial charge in [-0.2, -0.15) is 0 Å². The Kier molecular flexibility index (Phi) is 32.1. The first kappa shape index (κ1) is 40.4. The summed E-state index contributed by atoms with van der Waals surface area (Å²) in [6.07, 6.45) is 22.3. The molecule has 0 radical (unpaired) electrons. The number of aliphatic hydroxyl groups is 2. The zero-order valence-corrected chi connectivity index (χ0v) is 27.9. The summed E-state index contributed by atoms with van der Waals surface area (Å²) in [6, 6.07) is 1.11. The summed E-state index contributed by atoms with van der Waals surface area (Å²) >= 11 is 0. The Morgan fingerprint density at radius 3 is 1.66 bits per heavy atom. The van der Waals surface area contributed by atoms with Gasteiger partial charge in [0.25, 0.3) is 0 Å². The van der Waals surface area contributed by atoms with E-state index in [4.69, 9.17) is 24.1 Å². The molecule has 0 saturated heterocycles. The van der Waals surface area contributed by atoms with Crippen LogP contribution in [0.25, 0.3) is 0 Å². The summed E-state index contributed by atoms with van der Waals surface area (Å²) in [5.41, 5.74) is 0. The Hall–Kier alpha value is 0.267. The van der Waals surface area contributed by atoms with Crippen LogP contribution in [0, 0.1) is 5.92 Å². The summed E-state index contributed by atoms with van der Waals surface area (Å²) in [4.78, 5) is 0. The van der Waals surface area contributed by atoms with Crippen molar-refractivity contribution in [3.05, 3.63) is 0 Å². The molecule has 0 spiro atoms. The molecule has 0 amide bonds. The van der Waals surface area contributed by atoms with E-state index in [9.17, 15) is 0 Å². The maximum atomic E-state index is 8.99. The van der Waals surface area contributed by atoms with Gasteiger partial charge in [0.1, 0.15) is 0 Å². The highest BCUT2D eigenvalue weighted by Gasteiger charge is 2.19. The van der Waals surface area contributed by atoms with Crippen molar-refractivity contribution in [2.24, 2.45) is 5.92 Å². The molecule has 0 aromatic carbocycles. The molecule has 0 aliphatic carbocycles. The molecule has 232 valence electrons. The van der Waals surface area contributed by atoms with Crippen LogP contribution in [0.4, 0.5) is 0 Å². The second kappa shape index (κ2) is 30.2. The largest absolute Gasteiger partial charge is 1.00 e. The third-order valence-electron chi connectivity index (χ3n) is 7.22. The predicted molar refractivity (Wildman–Crippen MR) is 160 cm³/mol. The van der Waals surface area contributed by atoms with Crippen molar-refractivity contribution in [3.8, 4) is 0 Å². The molecule has 8 heteroatoms. The smallest absolute Gasteiger partial charge is 0.171 e. The van der Waals surface area contributed by atoms with E-state index in [-0.39, 0.29) is 38.8 Å². The van der Waals surface area contributed by atoms with Gasteiger partial charge in [-0.05, 0) is 18.9 Å². The Morgan fingerprint density at radius 1 is 0.711 bits per heavy atom. The minimum atomic E-state index is -0.723. The van der Waals surface area contributed by atoms with E-state index in [1.807, 2.05) is 0 Å². The van der Waals surface area contributed by atoms with E-state index in [0.717, 1.165) is 10.5 Å². The number of halogens is 1. The number of nitrogens with zero attached hydrogens (tertiary/aromatic N) is 1. The van der Waals surface area contributed by atoms with Gasteiger partial charge in [0.2, 0.25) is 0 Å². The van der Waals surface area contributed by atoms with Crippen molar-refractivity contribution in [3.63, 3.8) is 0 Å². The highest BCUT2D eigenvalue weighted by atomic mass is 35.5. The Morgan fingerprint density at radius 2 is 1.18 bits per heavy atom. The van der Waals surface area contributed by atoms with Crippen LogP contribution in [-0.2, 0) is 13.9 Å². The second-order valence-electron chi connectivity index (χ2n) is 11.7. The lowest BCUT2D eigenvalue weighted by Crippen LogP contribution is -3.00. The SMILES string of the molecule is CCCCCCCCCCCCCCCCCC[N+](C)(C)CC(C)C[SiH2]OC(COCCO)OCCO.[Cl-]. The average Bonchev–Trinajstić information content (AvgIpc) is 2.86. The molecule has 0 aliphatic heterocycles. The van der Waals surface area contributed by atoms with Crippen LogP contribution in [0.3, 0.4) is 0 Å². The van der Waals surface area contributed by atoms with Gasteiger partial charge in [-0.25, -0.2) is 0 Å². The normalized spacial score (nSPS) is 13.7. The van der Waals surface area contributed by atoms with Gasteiger partial charge in [-0.3, -0.25) is 0 Å². The van der Waals surface area contributed by atoms with E-state index in [2.05, 4.69) is 27.9 Å². The van der Waals surface area contributed by atoms with Gasteiger partial charge in [-0.15, -0.1) is 0 Å². The van der Waals surface area contributed by atoms with Crippen LogP contribution in [0.2, 0.25) is 6.04 Å². The highest BCUT2D eigenvalue weighted by Crippen LogP contribution is 2.15. The lowest BCUT2D eigenvalue weighted by molar-refractivity contribution is -0.893. The molecule has 0 rings (SSSR count). The minimum Gasteiger partial charge on any atom is -1.00 e. The minimum absolute atomic E-state index is 0. The average molecular weight is 584 g/mol. The molecular weight excluding hydrogens is 518 g/mol. The molecule has 0 aliphatic rings. The molecule has 2 atom stereocenters. The van der Waals surface area contributed by atoms with Crippen LogP contribution in [0.5, 0.6) is 0 Å². The van der Waals surface area contributed by atoms with Crippen LogP contribution < -0.4 is 12.4 Å².